The quantitative estimate of drug-likeness (QED) is 0.343. The van der Waals surface area contributed by atoms with E-state index in [0.717, 1.165) is 0 Å². The zero-order chi connectivity index (χ0) is 18.5. The fraction of sp³-hybridized carbons (Fsp3) is 0.583. The number of aliphatic hydroxyl groups excluding tert-OH is 1. The minimum absolute atomic E-state index is 0.0341. The summed E-state index contributed by atoms with van der Waals surface area (Å²) in [6.07, 6.45) is -1.47. The van der Waals surface area contributed by atoms with Gasteiger partial charge in [-0.15, -0.1) is 0 Å². The van der Waals surface area contributed by atoms with E-state index in [4.69, 9.17) is 30.2 Å². The molecule has 4 rings (SSSR count). The summed E-state index contributed by atoms with van der Waals surface area (Å²) in [5, 5.41) is 13.4. The van der Waals surface area contributed by atoms with Crippen molar-refractivity contribution in [3.8, 4) is 0 Å². The summed E-state index contributed by atoms with van der Waals surface area (Å²) in [5.41, 5.74) is 12.4. The van der Waals surface area contributed by atoms with E-state index in [0.29, 0.717) is 0 Å². The number of aromatic amines is 1. The van der Waals surface area contributed by atoms with Gasteiger partial charge in [0.05, 0.1) is 12.9 Å². The summed E-state index contributed by atoms with van der Waals surface area (Å²) in [6.45, 7) is -1.72. The number of H-pyrrole nitrogens is 1. The number of hydrogen-bond donors (Lipinski definition) is 3. The van der Waals surface area contributed by atoms with Crippen molar-refractivity contribution in [2.45, 2.75) is 30.6 Å². The first-order chi connectivity index (χ1) is 12.5. The van der Waals surface area contributed by atoms with Crippen LogP contribution in [0.5, 0.6) is 0 Å². The third-order valence-electron chi connectivity index (χ3n) is 4.23. The highest BCUT2D eigenvalue weighted by molar-refractivity contribution is 5.70. The molecule has 14 nitrogen and oxygen atoms in total. The Bertz CT molecular complexity index is 953. The minimum atomic E-state index is -1.75. The van der Waals surface area contributed by atoms with Gasteiger partial charge in [-0.3, -0.25) is 14.3 Å². The van der Waals surface area contributed by atoms with E-state index < -0.39 is 42.8 Å². The molecule has 4 N–H and O–H groups in total. The van der Waals surface area contributed by atoms with Gasteiger partial charge in [0.2, 0.25) is 11.7 Å². The molecule has 2 aliphatic heterocycles. The molecular weight excluding hydrogens is 352 g/mol. The largest absolute Gasteiger partial charge is 0.393 e. The Morgan fingerprint density at radius 3 is 3.12 bits per heavy atom. The van der Waals surface area contributed by atoms with Crippen LogP contribution in [0.15, 0.2) is 16.2 Å². The molecule has 0 radical (unpaired) electrons. The van der Waals surface area contributed by atoms with E-state index in [2.05, 4.69) is 25.0 Å². The van der Waals surface area contributed by atoms with E-state index in [1.54, 1.807) is 0 Å². The topological polar surface area (TPSA) is 196 Å². The number of rotatable bonds is 4. The van der Waals surface area contributed by atoms with Crippen LogP contribution in [0.2, 0.25) is 0 Å². The molecule has 0 aromatic carbocycles. The lowest BCUT2D eigenvalue weighted by molar-refractivity contribution is -0.270. The second-order valence-electron chi connectivity index (χ2n) is 5.66. The summed E-state index contributed by atoms with van der Waals surface area (Å²) < 4.78 is 23.4. The van der Waals surface area contributed by atoms with Gasteiger partial charge in [0.25, 0.3) is 12.0 Å². The highest BCUT2D eigenvalue weighted by Crippen LogP contribution is 2.46. The summed E-state index contributed by atoms with van der Waals surface area (Å²) in [5.74, 6) is -0.111. The maximum absolute atomic E-state index is 12.0. The predicted octanol–water partition coefficient (Wildman–Crippen LogP) is -1.06. The summed E-state index contributed by atoms with van der Waals surface area (Å²) in [4.78, 5) is 25.1. The number of aliphatic hydroxyl groups is 1. The highest BCUT2D eigenvalue weighted by atomic mass is 16.9. The number of ether oxygens (including phenoxy) is 4. The van der Waals surface area contributed by atoms with Crippen LogP contribution in [-0.4, -0.2) is 62.8 Å². The van der Waals surface area contributed by atoms with Crippen LogP contribution < -0.4 is 11.3 Å². The average molecular weight is 366 g/mol. The Balaban J connectivity index is 1.84. The molecule has 0 bridgehead atoms. The fourth-order valence-corrected chi connectivity index (χ4v) is 3.12. The average Bonchev–Trinajstić information content (AvgIpc) is 3.29. The molecule has 2 fully saturated rings. The minimum Gasteiger partial charge on any atom is -0.393 e. The van der Waals surface area contributed by atoms with Crippen molar-refractivity contribution < 1.29 is 24.1 Å². The Labute approximate surface area is 144 Å². The van der Waals surface area contributed by atoms with Crippen LogP contribution in [0.25, 0.3) is 21.6 Å². The molecule has 0 saturated carbocycles. The van der Waals surface area contributed by atoms with Crippen molar-refractivity contribution in [3.05, 3.63) is 27.1 Å². The molecule has 0 spiro atoms. The van der Waals surface area contributed by atoms with E-state index in [1.807, 2.05) is 0 Å². The lowest BCUT2D eigenvalue weighted by Gasteiger charge is -2.26. The number of nitrogens with two attached hydrogens (primary N) is 1. The predicted molar refractivity (Wildman–Crippen MR) is 82.2 cm³/mol. The number of methoxy groups -OCH3 is 1. The van der Waals surface area contributed by atoms with Crippen LogP contribution in [0.4, 0.5) is 5.95 Å². The van der Waals surface area contributed by atoms with E-state index in [1.165, 1.54) is 18.0 Å². The number of fused-ring (bicyclic) bond motifs is 2. The molecule has 2 aromatic heterocycles. The summed E-state index contributed by atoms with van der Waals surface area (Å²) in [6, 6.07) is 0. The number of nitrogens with one attached hydrogen (secondary N) is 1. The van der Waals surface area contributed by atoms with Crippen LogP contribution in [0.3, 0.4) is 0 Å². The molecule has 26 heavy (non-hydrogen) atoms. The normalized spacial score (nSPS) is 33.3. The number of nitrogens with zero attached hydrogens (tertiary/aromatic N) is 6. The molecule has 0 aliphatic carbocycles. The van der Waals surface area contributed by atoms with Crippen molar-refractivity contribution in [2.24, 2.45) is 5.11 Å². The number of azide groups is 1. The molecule has 2 aliphatic rings. The number of imidazole rings is 1. The Hall–Kier alpha value is -2.74. The van der Waals surface area contributed by atoms with Gasteiger partial charge in [0.15, 0.2) is 17.4 Å². The van der Waals surface area contributed by atoms with Gasteiger partial charge < -0.3 is 29.8 Å². The van der Waals surface area contributed by atoms with Crippen LogP contribution in [0.1, 0.15) is 6.23 Å². The third-order valence-corrected chi connectivity index (χ3v) is 4.23. The van der Waals surface area contributed by atoms with Gasteiger partial charge in [-0.2, -0.15) is 4.98 Å². The Kier molecular flexibility index (Phi) is 3.80. The molecule has 4 heterocycles. The van der Waals surface area contributed by atoms with Crippen LogP contribution in [0, 0.1) is 0 Å². The van der Waals surface area contributed by atoms with E-state index in [9.17, 15) is 9.90 Å². The number of nitrogen functional groups attached to an aromatic ring is 1. The highest BCUT2D eigenvalue weighted by Gasteiger charge is 2.62. The second kappa shape index (κ2) is 5.91. The Morgan fingerprint density at radius 1 is 1.62 bits per heavy atom. The zero-order valence-corrected chi connectivity index (χ0v) is 13.3. The van der Waals surface area contributed by atoms with Crippen LogP contribution in [-0.2, 0) is 18.9 Å². The van der Waals surface area contributed by atoms with Gasteiger partial charge in [-0.1, -0.05) is 5.11 Å². The molecule has 2 saturated heterocycles. The van der Waals surface area contributed by atoms with Gasteiger partial charge in [0, 0.05) is 12.0 Å². The molecule has 2 aromatic rings. The first-order valence-corrected chi connectivity index (χ1v) is 7.44. The van der Waals surface area contributed by atoms with Crippen LogP contribution >= 0.6 is 0 Å². The molecule has 14 heteroatoms. The van der Waals surface area contributed by atoms with Crippen molar-refractivity contribution in [3.63, 3.8) is 0 Å². The van der Waals surface area contributed by atoms with Crippen molar-refractivity contribution in [1.29, 1.82) is 0 Å². The summed E-state index contributed by atoms with van der Waals surface area (Å²) >= 11 is 0. The first kappa shape index (κ1) is 16.7. The van der Waals surface area contributed by atoms with Gasteiger partial charge >= 0.3 is 0 Å². The Morgan fingerprint density at radius 2 is 2.42 bits per heavy atom. The number of aromatic nitrogens is 4. The zero-order valence-electron chi connectivity index (χ0n) is 13.3. The molecule has 0 amide bonds. The van der Waals surface area contributed by atoms with Gasteiger partial charge in [-0.25, -0.2) is 4.98 Å². The molecule has 1 unspecified atom stereocenters. The standard InChI is InChI=1S/C12H14N8O6/c1-23-11-24-5-6(25-11)12(2-21,18-19-14)26-9(5)20-3-15-4-7(20)16-10(13)17-8(4)22/h3,5-6,9,11,21H,2H2,1H3,(H3,13,16,17,22)/t5-,6+,9-,11?,12-/m1/s1. The fourth-order valence-electron chi connectivity index (χ4n) is 3.12. The second-order valence-corrected chi connectivity index (χ2v) is 5.66. The molecular formula is C12H14N8O6. The van der Waals surface area contributed by atoms with Crippen molar-refractivity contribution in [1.82, 2.24) is 19.5 Å². The molecule has 5 atom stereocenters. The summed E-state index contributed by atoms with van der Waals surface area (Å²) in [7, 11) is 1.37. The van der Waals surface area contributed by atoms with Gasteiger partial charge in [0.1, 0.15) is 12.2 Å². The lowest BCUT2D eigenvalue weighted by Crippen LogP contribution is -2.43. The third kappa shape index (κ3) is 2.25. The molecule has 138 valence electrons. The SMILES string of the molecule is COC1O[C@H]2[C@H](n3cnc4c(=O)[nH]c(N)nc43)O[C@@](CO)(N=[N+]=[N-])[C@H]2O1. The van der Waals surface area contributed by atoms with Crippen molar-refractivity contribution >= 4 is 17.1 Å². The smallest absolute Gasteiger partial charge is 0.280 e. The van der Waals surface area contributed by atoms with Crippen molar-refractivity contribution in [2.75, 3.05) is 19.5 Å². The maximum Gasteiger partial charge on any atom is 0.280 e. The maximum atomic E-state index is 12.0. The van der Waals surface area contributed by atoms with E-state index >= 15 is 0 Å². The first-order valence-electron chi connectivity index (χ1n) is 7.44. The number of hydrogen-bond acceptors (Lipinski definition) is 10. The van der Waals surface area contributed by atoms with Gasteiger partial charge in [-0.05, 0) is 5.53 Å². The lowest BCUT2D eigenvalue weighted by atomic mass is 10.1. The monoisotopic (exact) mass is 366 g/mol. The van der Waals surface area contributed by atoms with E-state index in [-0.39, 0.29) is 17.1 Å². The number of anilines is 1.